The summed E-state index contributed by atoms with van der Waals surface area (Å²) in [5.41, 5.74) is 0. The molecule has 1 atom stereocenters. The fourth-order valence-corrected chi connectivity index (χ4v) is 2.16. The molecule has 1 aromatic carbocycles. The van der Waals surface area contributed by atoms with E-state index in [2.05, 4.69) is 5.32 Å². The molecule has 0 saturated carbocycles. The molecule has 2 amide bonds. The van der Waals surface area contributed by atoms with Gasteiger partial charge in [0.1, 0.15) is 11.6 Å². The molecule has 114 valence electrons. The monoisotopic (exact) mass is 294 g/mol. The highest BCUT2D eigenvalue weighted by Crippen LogP contribution is 2.13. The molecule has 5 nitrogen and oxygen atoms in total. The number of amides is 2. The lowest BCUT2D eigenvalue weighted by Gasteiger charge is -2.17. The maximum absolute atomic E-state index is 12.8. The first-order valence-electron chi connectivity index (χ1n) is 7.04. The van der Waals surface area contributed by atoms with Crippen molar-refractivity contribution in [1.29, 1.82) is 0 Å². The van der Waals surface area contributed by atoms with Crippen molar-refractivity contribution in [3.8, 4) is 5.75 Å². The Labute approximate surface area is 123 Å². The fraction of sp³-hybridized carbons (Fsp3) is 0.467. The number of nitrogens with zero attached hydrogens (tertiary/aromatic N) is 1. The van der Waals surface area contributed by atoms with Crippen molar-refractivity contribution in [2.24, 2.45) is 0 Å². The minimum absolute atomic E-state index is 0.0179. The maximum Gasteiger partial charge on any atom is 0.261 e. The van der Waals surface area contributed by atoms with E-state index in [9.17, 15) is 14.0 Å². The summed E-state index contributed by atoms with van der Waals surface area (Å²) < 4.78 is 18.1. The zero-order valence-electron chi connectivity index (χ0n) is 12.0. The highest BCUT2D eigenvalue weighted by Gasteiger charge is 2.20. The molecule has 0 radical (unpaired) electrons. The van der Waals surface area contributed by atoms with Gasteiger partial charge in [-0.25, -0.2) is 4.39 Å². The van der Waals surface area contributed by atoms with Crippen molar-refractivity contribution < 1.29 is 18.7 Å². The molecule has 6 heteroatoms. The molecule has 0 bridgehead atoms. The number of hydrogen-bond donors (Lipinski definition) is 1. The van der Waals surface area contributed by atoms with Crippen LogP contribution in [0.5, 0.6) is 5.75 Å². The lowest BCUT2D eigenvalue weighted by Crippen LogP contribution is -2.43. The van der Waals surface area contributed by atoms with E-state index in [1.165, 1.54) is 24.3 Å². The molecule has 1 aliphatic heterocycles. The molecule has 1 N–H and O–H groups in total. The third kappa shape index (κ3) is 4.44. The summed E-state index contributed by atoms with van der Waals surface area (Å²) in [6.45, 7) is 3.08. The number of hydrogen-bond acceptors (Lipinski definition) is 3. The van der Waals surface area contributed by atoms with Crippen molar-refractivity contribution in [2.45, 2.75) is 25.9 Å². The van der Waals surface area contributed by atoms with E-state index >= 15 is 0 Å². The molecular formula is C15H19FN2O3. The minimum Gasteiger partial charge on any atom is -0.481 e. The summed E-state index contributed by atoms with van der Waals surface area (Å²) in [6, 6.07) is 5.43. The van der Waals surface area contributed by atoms with Gasteiger partial charge in [-0.1, -0.05) is 0 Å². The molecule has 1 fully saturated rings. The number of likely N-dealkylation sites (tertiary alicyclic amines) is 1. The molecule has 1 aliphatic rings. The zero-order valence-corrected chi connectivity index (χ0v) is 12.0. The van der Waals surface area contributed by atoms with Crippen LogP contribution in [0.2, 0.25) is 0 Å². The molecule has 1 aromatic rings. The third-order valence-corrected chi connectivity index (χ3v) is 3.37. The number of carbonyl (C=O) groups is 2. The van der Waals surface area contributed by atoms with Crippen LogP contribution >= 0.6 is 0 Å². The minimum atomic E-state index is -0.748. The molecule has 0 spiro atoms. The number of nitrogens with one attached hydrogen (secondary N) is 1. The quantitative estimate of drug-likeness (QED) is 0.891. The van der Waals surface area contributed by atoms with Crippen LogP contribution in [0.15, 0.2) is 24.3 Å². The number of halogens is 1. The molecule has 21 heavy (non-hydrogen) atoms. The van der Waals surface area contributed by atoms with Gasteiger partial charge in [-0.05, 0) is 44.0 Å². The second-order valence-corrected chi connectivity index (χ2v) is 5.02. The summed E-state index contributed by atoms with van der Waals surface area (Å²) in [6.07, 6.45) is 1.29. The van der Waals surface area contributed by atoms with E-state index < -0.39 is 6.10 Å². The van der Waals surface area contributed by atoms with E-state index in [0.717, 1.165) is 25.9 Å². The number of rotatable bonds is 5. The topological polar surface area (TPSA) is 58.6 Å². The average molecular weight is 294 g/mol. The summed E-state index contributed by atoms with van der Waals surface area (Å²) >= 11 is 0. The third-order valence-electron chi connectivity index (χ3n) is 3.37. The van der Waals surface area contributed by atoms with Crippen molar-refractivity contribution in [3.63, 3.8) is 0 Å². The maximum atomic E-state index is 12.8. The van der Waals surface area contributed by atoms with Crippen molar-refractivity contribution >= 4 is 11.8 Å². The van der Waals surface area contributed by atoms with Gasteiger partial charge in [-0.2, -0.15) is 0 Å². The molecule has 0 unspecified atom stereocenters. The van der Waals surface area contributed by atoms with Crippen LogP contribution in [0, 0.1) is 5.82 Å². The Morgan fingerprint density at radius 1 is 1.29 bits per heavy atom. The summed E-state index contributed by atoms with van der Waals surface area (Å²) in [5.74, 6) is -0.401. The van der Waals surface area contributed by atoms with Crippen LogP contribution < -0.4 is 10.1 Å². The van der Waals surface area contributed by atoms with Gasteiger partial charge in [0.05, 0.1) is 6.54 Å². The van der Waals surface area contributed by atoms with Gasteiger partial charge in [0.2, 0.25) is 5.91 Å². The predicted octanol–water partition coefficient (Wildman–Crippen LogP) is 1.33. The Morgan fingerprint density at radius 2 is 1.90 bits per heavy atom. The molecular weight excluding hydrogens is 275 g/mol. The lowest BCUT2D eigenvalue weighted by atomic mass is 10.3. The van der Waals surface area contributed by atoms with Crippen molar-refractivity contribution in [3.05, 3.63) is 30.1 Å². The van der Waals surface area contributed by atoms with Crippen LogP contribution in [-0.2, 0) is 9.59 Å². The van der Waals surface area contributed by atoms with E-state index in [4.69, 9.17) is 4.74 Å². The van der Waals surface area contributed by atoms with E-state index in [1.807, 2.05) is 0 Å². The molecule has 1 heterocycles. The van der Waals surface area contributed by atoms with Crippen molar-refractivity contribution in [2.75, 3.05) is 19.6 Å². The molecule has 0 aliphatic carbocycles. The lowest BCUT2D eigenvalue weighted by molar-refractivity contribution is -0.134. The zero-order chi connectivity index (χ0) is 15.2. The Hall–Kier alpha value is -2.11. The van der Waals surface area contributed by atoms with Crippen LogP contribution in [0.1, 0.15) is 19.8 Å². The number of ether oxygens (including phenoxy) is 1. The first-order chi connectivity index (χ1) is 10.1. The number of carbonyl (C=O) groups excluding carboxylic acids is 2. The second kappa shape index (κ2) is 7.06. The summed E-state index contributed by atoms with van der Waals surface area (Å²) in [4.78, 5) is 25.4. The van der Waals surface area contributed by atoms with Gasteiger partial charge < -0.3 is 15.0 Å². The smallest absolute Gasteiger partial charge is 0.261 e. The Morgan fingerprint density at radius 3 is 2.52 bits per heavy atom. The van der Waals surface area contributed by atoms with Gasteiger partial charge >= 0.3 is 0 Å². The normalized spacial score (nSPS) is 15.6. The highest BCUT2D eigenvalue weighted by molar-refractivity contribution is 5.87. The van der Waals surface area contributed by atoms with Gasteiger partial charge in [-0.3, -0.25) is 9.59 Å². The fourth-order valence-electron chi connectivity index (χ4n) is 2.16. The van der Waals surface area contributed by atoms with Crippen LogP contribution in [0.25, 0.3) is 0 Å². The van der Waals surface area contributed by atoms with Crippen LogP contribution in [0.3, 0.4) is 0 Å². The van der Waals surface area contributed by atoms with Crippen molar-refractivity contribution in [1.82, 2.24) is 10.2 Å². The molecule has 0 aromatic heterocycles. The SMILES string of the molecule is C[C@@H](Oc1ccc(F)cc1)C(=O)NCC(=O)N1CCCC1. The standard InChI is InChI=1S/C15H19FN2O3/c1-11(21-13-6-4-12(16)5-7-13)15(20)17-10-14(19)18-8-2-3-9-18/h4-7,11H,2-3,8-10H2,1H3,(H,17,20)/t11-/m1/s1. The summed E-state index contributed by atoms with van der Waals surface area (Å²) in [7, 11) is 0. The first-order valence-corrected chi connectivity index (χ1v) is 7.04. The van der Waals surface area contributed by atoms with Gasteiger partial charge in [0.25, 0.3) is 5.91 Å². The molecule has 2 rings (SSSR count). The molecule has 1 saturated heterocycles. The second-order valence-electron chi connectivity index (χ2n) is 5.02. The Balaban J connectivity index is 1.76. The predicted molar refractivity (Wildman–Crippen MR) is 75.3 cm³/mol. The van der Waals surface area contributed by atoms with E-state index in [0.29, 0.717) is 5.75 Å². The van der Waals surface area contributed by atoms with E-state index in [1.54, 1.807) is 11.8 Å². The van der Waals surface area contributed by atoms with Gasteiger partial charge in [-0.15, -0.1) is 0 Å². The van der Waals surface area contributed by atoms with Crippen LogP contribution in [0.4, 0.5) is 4.39 Å². The van der Waals surface area contributed by atoms with E-state index in [-0.39, 0.29) is 24.2 Å². The highest BCUT2D eigenvalue weighted by atomic mass is 19.1. The average Bonchev–Trinajstić information content (AvgIpc) is 3.01. The Bertz CT molecular complexity index is 498. The summed E-state index contributed by atoms with van der Waals surface area (Å²) in [5, 5.41) is 2.56. The van der Waals surface area contributed by atoms with Gasteiger partial charge in [0, 0.05) is 13.1 Å². The van der Waals surface area contributed by atoms with Crippen LogP contribution in [-0.4, -0.2) is 42.5 Å². The Kier molecular flexibility index (Phi) is 5.14. The first kappa shape index (κ1) is 15.3. The van der Waals surface area contributed by atoms with Gasteiger partial charge in [0.15, 0.2) is 6.10 Å². The number of benzene rings is 1. The largest absolute Gasteiger partial charge is 0.481 e.